The van der Waals surface area contributed by atoms with Gasteiger partial charge in [-0.25, -0.2) is 0 Å². The molecule has 4 nitrogen and oxygen atoms in total. The van der Waals surface area contributed by atoms with Crippen molar-refractivity contribution in [2.24, 2.45) is 5.41 Å². The summed E-state index contributed by atoms with van der Waals surface area (Å²) in [6.07, 6.45) is 0.797. The Kier molecular flexibility index (Phi) is 3.76. The van der Waals surface area contributed by atoms with Gasteiger partial charge in [0.2, 0.25) is 0 Å². The third kappa shape index (κ3) is 3.00. The molecule has 1 N–H and O–H groups in total. The number of aromatic nitrogens is 1. The van der Waals surface area contributed by atoms with Crippen LogP contribution in [-0.4, -0.2) is 33.9 Å². The maximum Gasteiger partial charge on any atom is 0.150 e. The van der Waals surface area contributed by atoms with Crippen molar-refractivity contribution >= 4 is 0 Å². The molecule has 108 valence electrons. The van der Waals surface area contributed by atoms with Crippen molar-refractivity contribution in [3.05, 3.63) is 17.5 Å². The van der Waals surface area contributed by atoms with Crippen molar-refractivity contribution in [3.8, 4) is 0 Å². The van der Waals surface area contributed by atoms with Crippen LogP contribution in [0, 0.1) is 5.41 Å². The van der Waals surface area contributed by atoms with Gasteiger partial charge in [0, 0.05) is 24.6 Å². The van der Waals surface area contributed by atoms with E-state index in [-0.39, 0.29) is 5.41 Å². The van der Waals surface area contributed by atoms with Gasteiger partial charge in [-0.1, -0.05) is 32.9 Å². The highest BCUT2D eigenvalue weighted by atomic mass is 16.5. The molecule has 0 amide bonds. The summed E-state index contributed by atoms with van der Waals surface area (Å²) in [7, 11) is 0. The Balaban J connectivity index is 2.01. The van der Waals surface area contributed by atoms with E-state index in [1.165, 1.54) is 0 Å². The van der Waals surface area contributed by atoms with Gasteiger partial charge in [-0.05, 0) is 19.3 Å². The highest BCUT2D eigenvalue weighted by Gasteiger charge is 2.43. The summed E-state index contributed by atoms with van der Waals surface area (Å²) < 4.78 is 5.39. The zero-order valence-electron chi connectivity index (χ0n) is 12.7. The maximum absolute atomic E-state index is 10.4. The Bertz CT molecular complexity index is 435. The summed E-state index contributed by atoms with van der Waals surface area (Å²) in [5, 5.41) is 14.5. The molecular formula is C15H26N2O2. The normalized spacial score (nSPS) is 27.9. The molecule has 0 unspecified atom stereocenters. The smallest absolute Gasteiger partial charge is 0.150 e. The van der Waals surface area contributed by atoms with Gasteiger partial charge in [-0.2, -0.15) is 0 Å². The first-order valence-corrected chi connectivity index (χ1v) is 7.11. The third-order valence-corrected chi connectivity index (χ3v) is 4.54. The molecule has 1 aromatic rings. The van der Waals surface area contributed by atoms with E-state index in [4.69, 9.17) is 4.52 Å². The second-order valence-electron chi connectivity index (χ2n) is 6.99. The molecule has 1 aliphatic heterocycles. The van der Waals surface area contributed by atoms with Gasteiger partial charge in [0.05, 0.1) is 17.8 Å². The van der Waals surface area contributed by atoms with Crippen LogP contribution in [0.15, 0.2) is 10.6 Å². The van der Waals surface area contributed by atoms with Gasteiger partial charge in [-0.3, -0.25) is 4.90 Å². The van der Waals surface area contributed by atoms with Crippen molar-refractivity contribution in [1.82, 2.24) is 10.1 Å². The molecule has 4 heteroatoms. The van der Waals surface area contributed by atoms with Crippen LogP contribution in [0.4, 0.5) is 0 Å². The maximum atomic E-state index is 10.4. The number of nitrogens with zero attached hydrogens (tertiary/aromatic N) is 2. The Morgan fingerprint density at radius 3 is 2.63 bits per heavy atom. The van der Waals surface area contributed by atoms with E-state index >= 15 is 0 Å². The summed E-state index contributed by atoms with van der Waals surface area (Å²) in [4.78, 5) is 2.34. The Morgan fingerprint density at radius 1 is 1.42 bits per heavy atom. The lowest BCUT2D eigenvalue weighted by Crippen LogP contribution is -2.55. The van der Waals surface area contributed by atoms with Gasteiger partial charge in [-0.15, -0.1) is 0 Å². The first kappa shape index (κ1) is 14.5. The molecular weight excluding hydrogens is 240 g/mol. The molecule has 0 radical (unpaired) electrons. The topological polar surface area (TPSA) is 49.5 Å². The van der Waals surface area contributed by atoms with Crippen LogP contribution < -0.4 is 0 Å². The predicted molar refractivity (Wildman–Crippen MR) is 74.9 cm³/mol. The fraction of sp³-hybridized carbons (Fsp3) is 0.800. The van der Waals surface area contributed by atoms with Crippen LogP contribution in [0.3, 0.4) is 0 Å². The number of likely N-dealkylation sites (tertiary alicyclic amines) is 1. The number of hydrogen-bond donors (Lipinski definition) is 1. The number of piperidine rings is 1. The fourth-order valence-electron chi connectivity index (χ4n) is 2.55. The van der Waals surface area contributed by atoms with Crippen LogP contribution in [0.5, 0.6) is 0 Å². The summed E-state index contributed by atoms with van der Waals surface area (Å²) in [5.41, 5.74) is 0.318. The van der Waals surface area contributed by atoms with E-state index in [2.05, 4.69) is 37.8 Å². The van der Waals surface area contributed by atoms with Crippen LogP contribution >= 0.6 is 0 Å². The predicted octanol–water partition coefficient (Wildman–Crippen LogP) is 2.78. The highest BCUT2D eigenvalue weighted by molar-refractivity contribution is 5.09. The van der Waals surface area contributed by atoms with Gasteiger partial charge in [0.1, 0.15) is 0 Å². The van der Waals surface area contributed by atoms with Crippen LogP contribution in [0.25, 0.3) is 0 Å². The average molecular weight is 266 g/mol. The first-order chi connectivity index (χ1) is 8.71. The molecule has 1 saturated heterocycles. The van der Waals surface area contributed by atoms with Crippen molar-refractivity contribution in [3.63, 3.8) is 0 Å². The van der Waals surface area contributed by atoms with Crippen molar-refractivity contribution in [2.75, 3.05) is 13.1 Å². The van der Waals surface area contributed by atoms with E-state index in [1.54, 1.807) is 0 Å². The lowest BCUT2D eigenvalue weighted by atomic mass is 9.71. The highest BCUT2D eigenvalue weighted by Crippen LogP contribution is 2.38. The molecule has 0 spiro atoms. The van der Waals surface area contributed by atoms with Crippen LogP contribution in [-0.2, 0) is 6.54 Å². The molecule has 19 heavy (non-hydrogen) atoms. The average Bonchev–Trinajstić information content (AvgIpc) is 2.72. The van der Waals surface area contributed by atoms with Gasteiger partial charge in [0.25, 0.3) is 0 Å². The minimum atomic E-state index is -0.589. The lowest BCUT2D eigenvalue weighted by molar-refractivity contribution is -0.108. The Morgan fingerprint density at radius 2 is 2.11 bits per heavy atom. The standard InChI is InChI=1S/C15H26N2O2/c1-11(2)13-8-12(19-16-13)9-17-7-6-15(5,18)14(3,4)10-17/h8,11,18H,6-7,9-10H2,1-5H3/t15-/m0/s1. The SMILES string of the molecule is CC(C)c1cc(CN2CC[C@](C)(O)C(C)(C)C2)on1. The summed E-state index contributed by atoms with van der Waals surface area (Å²) in [6.45, 7) is 13.0. The van der Waals surface area contributed by atoms with Crippen LogP contribution in [0.1, 0.15) is 58.4 Å². The number of hydrogen-bond acceptors (Lipinski definition) is 4. The third-order valence-electron chi connectivity index (χ3n) is 4.54. The minimum Gasteiger partial charge on any atom is -0.390 e. The van der Waals surface area contributed by atoms with E-state index in [1.807, 2.05) is 13.0 Å². The minimum absolute atomic E-state index is 0.105. The molecule has 0 aliphatic carbocycles. The molecule has 1 atom stereocenters. The van der Waals surface area contributed by atoms with E-state index in [0.29, 0.717) is 5.92 Å². The molecule has 2 rings (SSSR count). The number of rotatable bonds is 3. The van der Waals surface area contributed by atoms with Gasteiger partial charge >= 0.3 is 0 Å². The molecule has 1 aliphatic rings. The summed E-state index contributed by atoms with van der Waals surface area (Å²) in [6, 6.07) is 2.05. The first-order valence-electron chi connectivity index (χ1n) is 7.11. The second kappa shape index (κ2) is 4.91. The molecule has 2 heterocycles. The summed E-state index contributed by atoms with van der Waals surface area (Å²) in [5.74, 6) is 1.32. The largest absolute Gasteiger partial charge is 0.390 e. The van der Waals surface area contributed by atoms with Gasteiger partial charge in [0.15, 0.2) is 5.76 Å². The molecule has 0 bridgehead atoms. The van der Waals surface area contributed by atoms with Crippen molar-refractivity contribution in [1.29, 1.82) is 0 Å². The van der Waals surface area contributed by atoms with Crippen molar-refractivity contribution < 1.29 is 9.63 Å². The fourth-order valence-corrected chi connectivity index (χ4v) is 2.55. The van der Waals surface area contributed by atoms with E-state index in [0.717, 1.165) is 37.5 Å². The van der Waals surface area contributed by atoms with Crippen molar-refractivity contribution in [2.45, 2.75) is 59.1 Å². The van der Waals surface area contributed by atoms with E-state index in [9.17, 15) is 5.11 Å². The second-order valence-corrected chi connectivity index (χ2v) is 6.99. The zero-order chi connectivity index (χ0) is 14.3. The zero-order valence-corrected chi connectivity index (χ0v) is 12.7. The summed E-state index contributed by atoms with van der Waals surface area (Å²) >= 11 is 0. The lowest BCUT2D eigenvalue weighted by Gasteiger charge is -2.48. The molecule has 0 aromatic carbocycles. The molecule has 0 saturated carbocycles. The van der Waals surface area contributed by atoms with Gasteiger partial charge < -0.3 is 9.63 Å². The molecule has 1 fully saturated rings. The van der Waals surface area contributed by atoms with E-state index < -0.39 is 5.60 Å². The monoisotopic (exact) mass is 266 g/mol. The quantitative estimate of drug-likeness (QED) is 0.914. The Hall–Kier alpha value is -0.870. The molecule has 1 aromatic heterocycles. The Labute approximate surface area is 115 Å². The van der Waals surface area contributed by atoms with Crippen LogP contribution in [0.2, 0.25) is 0 Å². The number of aliphatic hydroxyl groups is 1.